The first-order chi connectivity index (χ1) is 10.5. The van der Waals surface area contributed by atoms with Crippen LogP contribution < -0.4 is 0 Å². The fourth-order valence-corrected chi connectivity index (χ4v) is 2.88. The molecule has 0 saturated carbocycles. The average molecular weight is 303 g/mol. The van der Waals surface area contributed by atoms with E-state index in [-0.39, 0.29) is 24.5 Å². The monoisotopic (exact) mass is 303 g/mol. The summed E-state index contributed by atoms with van der Waals surface area (Å²) in [5.74, 6) is 0.216. The van der Waals surface area contributed by atoms with Crippen molar-refractivity contribution in [2.45, 2.75) is 46.1 Å². The Morgan fingerprint density at radius 3 is 2.64 bits per heavy atom. The minimum atomic E-state index is -0.498. The molecular formula is C18H25NO3. The van der Waals surface area contributed by atoms with Gasteiger partial charge in [-0.3, -0.25) is 4.79 Å². The fraction of sp³-hybridized carbons (Fsp3) is 0.556. The van der Waals surface area contributed by atoms with Gasteiger partial charge in [0.1, 0.15) is 6.61 Å². The van der Waals surface area contributed by atoms with Gasteiger partial charge in [0.2, 0.25) is 5.91 Å². The van der Waals surface area contributed by atoms with Crippen molar-refractivity contribution in [1.29, 1.82) is 0 Å². The Labute approximate surface area is 132 Å². The maximum absolute atomic E-state index is 12.6. The van der Waals surface area contributed by atoms with Gasteiger partial charge in [-0.05, 0) is 24.3 Å². The topological polar surface area (TPSA) is 46.6 Å². The predicted molar refractivity (Wildman–Crippen MR) is 85.4 cm³/mol. The number of amides is 2. The molecule has 2 amide bonds. The maximum atomic E-state index is 12.6. The van der Waals surface area contributed by atoms with Crippen molar-refractivity contribution < 1.29 is 14.3 Å². The minimum Gasteiger partial charge on any atom is -0.447 e. The number of hydrogen-bond donors (Lipinski definition) is 0. The molecule has 1 aromatic carbocycles. The summed E-state index contributed by atoms with van der Waals surface area (Å²) in [6.07, 6.45) is 1.99. The van der Waals surface area contributed by atoms with Crippen LogP contribution in [0.15, 0.2) is 30.3 Å². The summed E-state index contributed by atoms with van der Waals surface area (Å²) in [7, 11) is 0. The highest BCUT2D eigenvalue weighted by Crippen LogP contribution is 2.23. The Morgan fingerprint density at radius 1 is 1.32 bits per heavy atom. The summed E-state index contributed by atoms with van der Waals surface area (Å²) in [5.41, 5.74) is 1.11. The molecule has 120 valence electrons. The lowest BCUT2D eigenvalue weighted by Gasteiger charge is -2.24. The Bertz CT molecular complexity index is 514. The van der Waals surface area contributed by atoms with Gasteiger partial charge in [0, 0.05) is 5.92 Å². The van der Waals surface area contributed by atoms with E-state index in [1.54, 1.807) is 0 Å². The molecular weight excluding hydrogens is 278 g/mol. The summed E-state index contributed by atoms with van der Waals surface area (Å²) in [6.45, 7) is 6.44. The van der Waals surface area contributed by atoms with Crippen molar-refractivity contribution in [1.82, 2.24) is 4.90 Å². The fourth-order valence-electron chi connectivity index (χ4n) is 2.88. The molecule has 1 aromatic rings. The van der Waals surface area contributed by atoms with E-state index in [1.807, 2.05) is 37.3 Å². The van der Waals surface area contributed by atoms with Crippen LogP contribution in [0.25, 0.3) is 0 Å². The van der Waals surface area contributed by atoms with Gasteiger partial charge in [-0.1, -0.05) is 57.5 Å². The number of ether oxygens (including phenoxy) is 1. The van der Waals surface area contributed by atoms with Crippen molar-refractivity contribution in [3.05, 3.63) is 35.9 Å². The van der Waals surface area contributed by atoms with Crippen LogP contribution >= 0.6 is 0 Å². The van der Waals surface area contributed by atoms with E-state index < -0.39 is 6.09 Å². The summed E-state index contributed by atoms with van der Waals surface area (Å²) >= 11 is 0. The van der Waals surface area contributed by atoms with Gasteiger partial charge in [0.05, 0.1) is 6.04 Å². The van der Waals surface area contributed by atoms with Crippen LogP contribution in [0.5, 0.6) is 0 Å². The lowest BCUT2D eigenvalue weighted by molar-refractivity contribution is -0.133. The van der Waals surface area contributed by atoms with Crippen molar-refractivity contribution in [2.75, 3.05) is 6.61 Å². The first-order valence-corrected chi connectivity index (χ1v) is 8.06. The van der Waals surface area contributed by atoms with Crippen molar-refractivity contribution in [3.8, 4) is 0 Å². The highest BCUT2D eigenvalue weighted by molar-refractivity contribution is 5.94. The lowest BCUT2D eigenvalue weighted by atomic mass is 9.94. The van der Waals surface area contributed by atoms with E-state index in [0.717, 1.165) is 18.4 Å². The first kappa shape index (κ1) is 16.5. The van der Waals surface area contributed by atoms with E-state index in [1.165, 1.54) is 4.90 Å². The van der Waals surface area contributed by atoms with Gasteiger partial charge in [-0.2, -0.15) is 0 Å². The van der Waals surface area contributed by atoms with Gasteiger partial charge in [-0.15, -0.1) is 0 Å². The molecule has 3 atom stereocenters. The van der Waals surface area contributed by atoms with E-state index in [2.05, 4.69) is 13.8 Å². The molecule has 0 bridgehead atoms. The summed E-state index contributed by atoms with van der Waals surface area (Å²) in [6, 6.07) is 9.70. The molecule has 1 aliphatic heterocycles. The van der Waals surface area contributed by atoms with Crippen molar-refractivity contribution in [2.24, 2.45) is 11.8 Å². The number of carbonyl (C=O) groups excluding carboxylic acids is 2. The molecule has 4 heteroatoms. The molecule has 0 radical (unpaired) electrons. The average Bonchev–Trinajstić information content (AvgIpc) is 2.88. The van der Waals surface area contributed by atoms with Gasteiger partial charge >= 0.3 is 6.09 Å². The van der Waals surface area contributed by atoms with Gasteiger partial charge < -0.3 is 4.74 Å². The predicted octanol–water partition coefficient (Wildman–Crippen LogP) is 3.65. The first-order valence-electron chi connectivity index (χ1n) is 8.06. The number of hydrogen-bond acceptors (Lipinski definition) is 3. The Kier molecular flexibility index (Phi) is 5.58. The van der Waals surface area contributed by atoms with E-state index in [0.29, 0.717) is 12.3 Å². The van der Waals surface area contributed by atoms with Crippen molar-refractivity contribution >= 4 is 12.0 Å². The number of benzene rings is 1. The normalized spacial score (nSPS) is 20.6. The van der Waals surface area contributed by atoms with Crippen LogP contribution in [0.3, 0.4) is 0 Å². The zero-order chi connectivity index (χ0) is 16.1. The molecule has 1 fully saturated rings. The molecule has 4 nitrogen and oxygen atoms in total. The molecule has 1 aliphatic rings. The number of cyclic esters (lactones) is 1. The van der Waals surface area contributed by atoms with Crippen LogP contribution in [0.1, 0.15) is 39.2 Å². The second-order valence-corrected chi connectivity index (χ2v) is 6.28. The molecule has 22 heavy (non-hydrogen) atoms. The summed E-state index contributed by atoms with van der Waals surface area (Å²) in [5, 5.41) is 0. The third-order valence-electron chi connectivity index (χ3n) is 4.39. The molecule has 1 saturated heterocycles. The van der Waals surface area contributed by atoms with Crippen LogP contribution in [0, 0.1) is 11.8 Å². The Balaban J connectivity index is 2.05. The van der Waals surface area contributed by atoms with E-state index in [9.17, 15) is 9.59 Å². The smallest absolute Gasteiger partial charge is 0.416 e. The summed E-state index contributed by atoms with van der Waals surface area (Å²) in [4.78, 5) is 25.9. The molecule has 0 aliphatic carbocycles. The molecule has 0 unspecified atom stereocenters. The largest absolute Gasteiger partial charge is 0.447 e. The van der Waals surface area contributed by atoms with Crippen LogP contribution in [0.2, 0.25) is 0 Å². The van der Waals surface area contributed by atoms with Crippen LogP contribution in [0.4, 0.5) is 4.79 Å². The number of nitrogens with zero attached hydrogens (tertiary/aromatic N) is 1. The van der Waals surface area contributed by atoms with Gasteiger partial charge in [-0.25, -0.2) is 9.69 Å². The minimum absolute atomic E-state index is 0.108. The van der Waals surface area contributed by atoms with Crippen LogP contribution in [-0.4, -0.2) is 29.5 Å². The third kappa shape index (κ3) is 3.87. The highest BCUT2D eigenvalue weighted by Gasteiger charge is 2.39. The van der Waals surface area contributed by atoms with Gasteiger partial charge in [0.25, 0.3) is 0 Å². The zero-order valence-corrected chi connectivity index (χ0v) is 13.6. The van der Waals surface area contributed by atoms with E-state index >= 15 is 0 Å². The van der Waals surface area contributed by atoms with Gasteiger partial charge in [0.15, 0.2) is 0 Å². The second-order valence-electron chi connectivity index (χ2n) is 6.28. The molecule has 2 rings (SSSR count). The molecule has 0 spiro atoms. The Hall–Kier alpha value is -1.84. The quantitative estimate of drug-likeness (QED) is 0.806. The molecule has 0 aromatic heterocycles. The summed E-state index contributed by atoms with van der Waals surface area (Å²) < 4.78 is 5.12. The zero-order valence-electron chi connectivity index (χ0n) is 13.6. The number of imide groups is 1. The standard InChI is InChI=1S/C18H25NO3/c1-4-13(2)10-14(3)17(20)19-16(12-22-18(19)21)11-15-8-6-5-7-9-15/h5-9,13-14,16H,4,10-12H2,1-3H3/t13-,14-,16-/m0/s1. The molecule has 0 N–H and O–H groups in total. The third-order valence-corrected chi connectivity index (χ3v) is 4.39. The maximum Gasteiger partial charge on any atom is 0.416 e. The number of carbonyl (C=O) groups is 2. The van der Waals surface area contributed by atoms with Crippen molar-refractivity contribution in [3.63, 3.8) is 0 Å². The number of rotatable bonds is 6. The van der Waals surface area contributed by atoms with Crippen LogP contribution in [-0.2, 0) is 16.0 Å². The SMILES string of the molecule is CC[C@H](C)C[C@H](C)C(=O)N1C(=O)OC[C@@H]1Cc1ccccc1. The Morgan fingerprint density at radius 2 is 2.00 bits per heavy atom. The lowest BCUT2D eigenvalue weighted by Crippen LogP contribution is -2.43. The highest BCUT2D eigenvalue weighted by atomic mass is 16.6. The molecule has 1 heterocycles. The van der Waals surface area contributed by atoms with E-state index in [4.69, 9.17) is 4.74 Å². The second kappa shape index (κ2) is 7.43.